The van der Waals surface area contributed by atoms with Crippen molar-refractivity contribution in [1.82, 2.24) is 15.0 Å². The molecule has 2 N–H and O–H groups in total. The smallest absolute Gasteiger partial charge is 0.269 e. The van der Waals surface area contributed by atoms with Gasteiger partial charge in [0.15, 0.2) is 0 Å². The van der Waals surface area contributed by atoms with Crippen molar-refractivity contribution in [3.8, 4) is 11.4 Å². The summed E-state index contributed by atoms with van der Waals surface area (Å²) in [5.41, 5.74) is 2.43. The molecule has 0 fully saturated rings. The average Bonchev–Trinajstić information content (AvgIpc) is 3.12. The molecule has 25 heavy (non-hydrogen) atoms. The fourth-order valence-corrected chi connectivity index (χ4v) is 3.15. The molecule has 122 valence electrons. The van der Waals surface area contributed by atoms with Gasteiger partial charge in [0.1, 0.15) is 10.5 Å². The minimum atomic E-state index is -0.230. The molecule has 4 rings (SSSR count). The Labute approximate surface area is 146 Å². The van der Waals surface area contributed by atoms with E-state index in [1.54, 1.807) is 42.6 Å². The van der Waals surface area contributed by atoms with E-state index in [4.69, 9.17) is 0 Å². The highest BCUT2D eigenvalue weighted by Gasteiger charge is 2.08. The van der Waals surface area contributed by atoms with Crippen LogP contribution in [0.4, 0.5) is 5.69 Å². The first kappa shape index (κ1) is 15.2. The summed E-state index contributed by atoms with van der Waals surface area (Å²) < 4.78 is 0.615. The van der Waals surface area contributed by atoms with E-state index in [-0.39, 0.29) is 11.5 Å². The van der Waals surface area contributed by atoms with Gasteiger partial charge in [0.05, 0.1) is 11.1 Å². The molecule has 0 aliphatic rings. The first-order valence-electron chi connectivity index (χ1n) is 7.50. The van der Waals surface area contributed by atoms with E-state index in [0.29, 0.717) is 27.3 Å². The molecule has 0 bridgehead atoms. The first-order valence-corrected chi connectivity index (χ1v) is 8.38. The average molecular weight is 348 g/mol. The number of aromatic amines is 1. The van der Waals surface area contributed by atoms with Gasteiger partial charge in [0.25, 0.3) is 11.5 Å². The number of thiophene rings is 1. The standard InChI is InChI=1S/C18H12N4O2S/c23-17(12-2-1-8-19-10-12)20-13-5-3-11(4-6-13)16-21-14-7-9-25-15(14)18(24)22-16/h1-10H,(H,20,23)(H,21,22,24). The van der Waals surface area contributed by atoms with E-state index in [9.17, 15) is 9.59 Å². The number of H-pyrrole nitrogens is 1. The van der Waals surface area contributed by atoms with Crippen molar-refractivity contribution < 1.29 is 4.79 Å². The highest BCUT2D eigenvalue weighted by atomic mass is 32.1. The molecule has 1 amide bonds. The molecule has 4 aromatic rings. The summed E-state index contributed by atoms with van der Waals surface area (Å²) in [4.78, 5) is 35.4. The number of nitrogens with zero attached hydrogens (tertiary/aromatic N) is 2. The lowest BCUT2D eigenvalue weighted by molar-refractivity contribution is 0.102. The summed E-state index contributed by atoms with van der Waals surface area (Å²) in [6.45, 7) is 0. The summed E-state index contributed by atoms with van der Waals surface area (Å²) in [7, 11) is 0. The van der Waals surface area contributed by atoms with Crippen LogP contribution in [0.5, 0.6) is 0 Å². The second-order valence-corrected chi connectivity index (χ2v) is 6.24. The molecule has 0 radical (unpaired) electrons. The number of carbonyl (C=O) groups is 1. The molecule has 7 heteroatoms. The number of aromatic nitrogens is 3. The predicted octanol–water partition coefficient (Wildman–Crippen LogP) is 3.30. The third kappa shape index (κ3) is 3.05. The number of fused-ring (bicyclic) bond motifs is 1. The van der Waals surface area contributed by atoms with Crippen molar-refractivity contribution in [3.05, 3.63) is 76.2 Å². The molecule has 3 aromatic heterocycles. The zero-order valence-electron chi connectivity index (χ0n) is 12.9. The SMILES string of the molecule is O=C(Nc1ccc(-c2nc3ccsc3c(=O)[nH]2)cc1)c1cccnc1. The quantitative estimate of drug-likeness (QED) is 0.595. The van der Waals surface area contributed by atoms with Gasteiger partial charge in [0, 0.05) is 23.6 Å². The van der Waals surface area contributed by atoms with E-state index >= 15 is 0 Å². The number of rotatable bonds is 3. The van der Waals surface area contributed by atoms with E-state index in [0.717, 1.165) is 5.56 Å². The molecule has 0 saturated heterocycles. The van der Waals surface area contributed by atoms with Crippen LogP contribution in [0.1, 0.15) is 10.4 Å². The van der Waals surface area contributed by atoms with Gasteiger partial charge < -0.3 is 10.3 Å². The number of hydrogen-bond donors (Lipinski definition) is 2. The maximum absolute atomic E-state index is 12.1. The number of anilines is 1. The Hall–Kier alpha value is -3.32. The molecule has 0 spiro atoms. The minimum Gasteiger partial charge on any atom is -0.322 e. The summed E-state index contributed by atoms with van der Waals surface area (Å²) in [5, 5.41) is 4.65. The van der Waals surface area contributed by atoms with Gasteiger partial charge in [0.2, 0.25) is 0 Å². The van der Waals surface area contributed by atoms with Crippen molar-refractivity contribution >= 4 is 33.1 Å². The van der Waals surface area contributed by atoms with Crippen molar-refractivity contribution in [2.45, 2.75) is 0 Å². The molecule has 1 aromatic carbocycles. The van der Waals surface area contributed by atoms with Crippen LogP contribution in [0.15, 0.2) is 65.0 Å². The van der Waals surface area contributed by atoms with Gasteiger partial charge in [-0.25, -0.2) is 4.98 Å². The van der Waals surface area contributed by atoms with Crippen LogP contribution in [-0.2, 0) is 0 Å². The molecular weight excluding hydrogens is 336 g/mol. The van der Waals surface area contributed by atoms with Gasteiger partial charge >= 0.3 is 0 Å². The fraction of sp³-hybridized carbons (Fsp3) is 0. The Bertz CT molecular complexity index is 1100. The Balaban J connectivity index is 1.59. The van der Waals surface area contributed by atoms with Crippen LogP contribution < -0.4 is 10.9 Å². The van der Waals surface area contributed by atoms with Gasteiger partial charge in [-0.2, -0.15) is 0 Å². The lowest BCUT2D eigenvalue weighted by Crippen LogP contribution is -2.12. The third-order valence-electron chi connectivity index (χ3n) is 3.65. The zero-order chi connectivity index (χ0) is 17.2. The van der Waals surface area contributed by atoms with Crippen molar-refractivity contribution in [2.24, 2.45) is 0 Å². The lowest BCUT2D eigenvalue weighted by Gasteiger charge is -2.06. The van der Waals surface area contributed by atoms with E-state index in [2.05, 4.69) is 20.3 Å². The summed E-state index contributed by atoms with van der Waals surface area (Å²) in [6.07, 6.45) is 3.12. The summed E-state index contributed by atoms with van der Waals surface area (Å²) in [6, 6.07) is 12.4. The highest BCUT2D eigenvalue weighted by molar-refractivity contribution is 7.17. The molecule has 0 atom stereocenters. The van der Waals surface area contributed by atoms with E-state index in [1.807, 2.05) is 11.4 Å². The predicted molar refractivity (Wildman–Crippen MR) is 97.9 cm³/mol. The number of amides is 1. The monoisotopic (exact) mass is 348 g/mol. The number of benzene rings is 1. The third-order valence-corrected chi connectivity index (χ3v) is 4.56. The maximum Gasteiger partial charge on any atom is 0.269 e. The number of nitrogens with one attached hydrogen (secondary N) is 2. The van der Waals surface area contributed by atoms with Crippen LogP contribution in [0.3, 0.4) is 0 Å². The summed E-state index contributed by atoms with van der Waals surface area (Å²) >= 11 is 1.37. The Morgan fingerprint density at radius 2 is 1.96 bits per heavy atom. The minimum absolute atomic E-state index is 0.149. The van der Waals surface area contributed by atoms with Crippen LogP contribution >= 0.6 is 11.3 Å². The molecule has 0 unspecified atom stereocenters. The van der Waals surface area contributed by atoms with Crippen molar-refractivity contribution in [3.63, 3.8) is 0 Å². The second-order valence-electron chi connectivity index (χ2n) is 5.32. The van der Waals surface area contributed by atoms with Crippen LogP contribution in [0, 0.1) is 0 Å². The van der Waals surface area contributed by atoms with Crippen molar-refractivity contribution in [2.75, 3.05) is 5.32 Å². The van der Waals surface area contributed by atoms with Crippen LogP contribution in [-0.4, -0.2) is 20.9 Å². The van der Waals surface area contributed by atoms with Gasteiger partial charge in [-0.1, -0.05) is 0 Å². The zero-order valence-corrected chi connectivity index (χ0v) is 13.7. The van der Waals surface area contributed by atoms with Gasteiger partial charge in [-0.05, 0) is 47.8 Å². The molecule has 3 heterocycles. The van der Waals surface area contributed by atoms with Gasteiger partial charge in [-0.15, -0.1) is 11.3 Å². The second kappa shape index (κ2) is 6.29. The maximum atomic E-state index is 12.1. The molecular formula is C18H12N4O2S. The normalized spacial score (nSPS) is 10.7. The fourth-order valence-electron chi connectivity index (χ4n) is 2.42. The first-order chi connectivity index (χ1) is 12.2. The summed E-state index contributed by atoms with van der Waals surface area (Å²) in [5.74, 6) is 0.271. The highest BCUT2D eigenvalue weighted by Crippen LogP contribution is 2.21. The number of pyridine rings is 1. The molecule has 0 aliphatic heterocycles. The van der Waals surface area contributed by atoms with E-state index < -0.39 is 0 Å². The van der Waals surface area contributed by atoms with E-state index in [1.165, 1.54) is 17.5 Å². The largest absolute Gasteiger partial charge is 0.322 e. The molecule has 0 aliphatic carbocycles. The lowest BCUT2D eigenvalue weighted by atomic mass is 10.2. The topological polar surface area (TPSA) is 87.7 Å². The molecule has 0 saturated carbocycles. The van der Waals surface area contributed by atoms with Crippen LogP contribution in [0.2, 0.25) is 0 Å². The van der Waals surface area contributed by atoms with Crippen molar-refractivity contribution in [1.29, 1.82) is 0 Å². The number of carbonyl (C=O) groups excluding carboxylic acids is 1. The number of hydrogen-bond acceptors (Lipinski definition) is 5. The molecule has 6 nitrogen and oxygen atoms in total. The van der Waals surface area contributed by atoms with Gasteiger partial charge in [-0.3, -0.25) is 14.6 Å². The Morgan fingerprint density at radius 1 is 1.12 bits per heavy atom. The van der Waals surface area contributed by atoms with Crippen LogP contribution in [0.25, 0.3) is 21.6 Å². The Morgan fingerprint density at radius 3 is 2.72 bits per heavy atom. The Kier molecular flexibility index (Phi) is 3.83.